The van der Waals surface area contributed by atoms with Crippen LogP contribution >= 0.6 is 11.6 Å². The molecule has 0 saturated heterocycles. The molecule has 0 aliphatic rings. The summed E-state index contributed by atoms with van der Waals surface area (Å²) in [5.74, 6) is -0.743. The maximum Gasteiger partial charge on any atom is 0.244 e. The number of carbonyl (C=O) groups excluding carboxylic acids is 2. The molecule has 0 saturated carbocycles. The minimum absolute atomic E-state index is 0.285. The van der Waals surface area contributed by atoms with E-state index >= 15 is 0 Å². The van der Waals surface area contributed by atoms with Crippen molar-refractivity contribution < 1.29 is 18.0 Å². The first-order valence-electron chi connectivity index (χ1n) is 9.95. The van der Waals surface area contributed by atoms with E-state index in [-0.39, 0.29) is 12.5 Å². The smallest absolute Gasteiger partial charge is 0.244 e. The first-order chi connectivity index (χ1) is 14.7. The summed E-state index contributed by atoms with van der Waals surface area (Å²) in [7, 11) is -2.23. The molecule has 0 spiro atoms. The first kappa shape index (κ1) is 24.7. The molecule has 7 nitrogen and oxygen atoms in total. The molecule has 2 amide bonds. The van der Waals surface area contributed by atoms with Gasteiger partial charge < -0.3 is 10.2 Å². The second-order valence-corrected chi connectivity index (χ2v) is 9.45. The summed E-state index contributed by atoms with van der Waals surface area (Å²) in [6.07, 6.45) is 1.99. The zero-order chi connectivity index (χ0) is 23.0. The van der Waals surface area contributed by atoms with Crippen LogP contribution in [0.25, 0.3) is 0 Å². The average molecular weight is 466 g/mol. The van der Waals surface area contributed by atoms with E-state index in [4.69, 9.17) is 11.6 Å². The molecule has 0 bridgehead atoms. The first-order valence-corrected chi connectivity index (χ1v) is 12.2. The number of nitrogens with one attached hydrogen (secondary N) is 1. The van der Waals surface area contributed by atoms with Crippen molar-refractivity contribution in [2.24, 2.45) is 0 Å². The highest BCUT2D eigenvalue weighted by atomic mass is 35.5. The fourth-order valence-corrected chi connectivity index (χ4v) is 4.26. The fraction of sp³-hybridized carbons (Fsp3) is 0.364. The van der Waals surface area contributed by atoms with Gasteiger partial charge in [0.05, 0.1) is 11.9 Å². The van der Waals surface area contributed by atoms with E-state index in [9.17, 15) is 18.0 Å². The van der Waals surface area contributed by atoms with Crippen LogP contribution in [0.3, 0.4) is 0 Å². The lowest BCUT2D eigenvalue weighted by molar-refractivity contribution is -0.139. The third-order valence-electron chi connectivity index (χ3n) is 4.91. The van der Waals surface area contributed by atoms with Gasteiger partial charge in [-0.3, -0.25) is 13.9 Å². The van der Waals surface area contributed by atoms with Gasteiger partial charge in [0.25, 0.3) is 0 Å². The molecule has 0 aliphatic carbocycles. The van der Waals surface area contributed by atoms with Gasteiger partial charge in [-0.15, -0.1) is 0 Å². The van der Waals surface area contributed by atoms with Crippen molar-refractivity contribution in [3.05, 3.63) is 65.2 Å². The Labute approximate surface area is 189 Å². The van der Waals surface area contributed by atoms with Gasteiger partial charge in [0.2, 0.25) is 21.8 Å². The topological polar surface area (TPSA) is 86.8 Å². The number of hydrogen-bond acceptors (Lipinski definition) is 4. The van der Waals surface area contributed by atoms with Crippen molar-refractivity contribution in [1.82, 2.24) is 10.2 Å². The van der Waals surface area contributed by atoms with E-state index in [1.807, 2.05) is 37.3 Å². The van der Waals surface area contributed by atoms with E-state index < -0.39 is 28.5 Å². The molecule has 2 aromatic carbocycles. The molecule has 0 heterocycles. The van der Waals surface area contributed by atoms with Crippen LogP contribution in [0.1, 0.15) is 18.9 Å². The van der Waals surface area contributed by atoms with E-state index in [1.54, 1.807) is 24.3 Å². The van der Waals surface area contributed by atoms with E-state index in [1.165, 1.54) is 11.9 Å². The lowest BCUT2D eigenvalue weighted by atomic mass is 10.1. The monoisotopic (exact) mass is 465 g/mol. The van der Waals surface area contributed by atoms with Gasteiger partial charge in [-0.2, -0.15) is 0 Å². The van der Waals surface area contributed by atoms with Gasteiger partial charge in [0, 0.05) is 18.6 Å². The number of sulfonamides is 1. The molecule has 1 unspecified atom stereocenters. The summed E-state index contributed by atoms with van der Waals surface area (Å²) in [4.78, 5) is 27.2. The molecule has 0 radical (unpaired) electrons. The summed E-state index contributed by atoms with van der Waals surface area (Å²) in [5, 5.41) is 3.05. The zero-order valence-corrected chi connectivity index (χ0v) is 19.5. The van der Waals surface area contributed by atoms with Crippen molar-refractivity contribution in [3.63, 3.8) is 0 Å². The van der Waals surface area contributed by atoms with Crippen LogP contribution in [0.15, 0.2) is 54.6 Å². The minimum Gasteiger partial charge on any atom is -0.357 e. The lowest BCUT2D eigenvalue weighted by Crippen LogP contribution is -2.52. The number of benzene rings is 2. The lowest BCUT2D eigenvalue weighted by Gasteiger charge is -2.32. The van der Waals surface area contributed by atoms with Crippen LogP contribution in [0.2, 0.25) is 5.02 Å². The van der Waals surface area contributed by atoms with Gasteiger partial charge in [0.15, 0.2) is 0 Å². The summed E-state index contributed by atoms with van der Waals surface area (Å²) < 4.78 is 25.9. The Balaban J connectivity index is 2.32. The Kier molecular flexibility index (Phi) is 8.88. The Morgan fingerprint density at radius 1 is 1.06 bits per heavy atom. The predicted octanol–water partition coefficient (Wildman–Crippen LogP) is 2.70. The number of halogens is 1. The Hall–Kier alpha value is -2.58. The number of rotatable bonds is 10. The molecule has 9 heteroatoms. The molecule has 1 N–H and O–H groups in total. The van der Waals surface area contributed by atoms with Gasteiger partial charge in [0.1, 0.15) is 12.6 Å². The summed E-state index contributed by atoms with van der Waals surface area (Å²) in [5.41, 5.74) is 1.35. The Bertz CT molecular complexity index is 982. The highest BCUT2D eigenvalue weighted by Crippen LogP contribution is 2.21. The number of likely N-dealkylation sites (N-methyl/N-ethyl adjacent to an activating group) is 1. The second kappa shape index (κ2) is 11.2. The third kappa shape index (κ3) is 6.97. The maximum atomic E-state index is 13.3. The van der Waals surface area contributed by atoms with Crippen LogP contribution < -0.4 is 9.62 Å². The number of nitrogens with zero attached hydrogens (tertiary/aromatic N) is 2. The highest BCUT2D eigenvalue weighted by Gasteiger charge is 2.30. The van der Waals surface area contributed by atoms with Crippen molar-refractivity contribution in [1.29, 1.82) is 0 Å². The number of anilines is 1. The van der Waals surface area contributed by atoms with Gasteiger partial charge in [-0.1, -0.05) is 48.9 Å². The van der Waals surface area contributed by atoms with E-state index in [0.717, 1.165) is 16.1 Å². The fourth-order valence-electron chi connectivity index (χ4n) is 3.28. The summed E-state index contributed by atoms with van der Waals surface area (Å²) >= 11 is 5.91. The third-order valence-corrected chi connectivity index (χ3v) is 6.30. The number of amides is 2. The molecule has 0 aliphatic heterocycles. The molecule has 0 aromatic heterocycles. The summed E-state index contributed by atoms with van der Waals surface area (Å²) in [6.45, 7) is 1.69. The van der Waals surface area contributed by atoms with Crippen molar-refractivity contribution in [3.8, 4) is 0 Å². The molecule has 31 heavy (non-hydrogen) atoms. The quantitative estimate of drug-likeness (QED) is 0.584. The molecule has 168 valence electrons. The van der Waals surface area contributed by atoms with Gasteiger partial charge in [-0.25, -0.2) is 8.42 Å². The number of carbonyl (C=O) groups is 2. The van der Waals surface area contributed by atoms with Crippen LogP contribution in [0.5, 0.6) is 0 Å². The molecule has 2 aromatic rings. The second-order valence-electron chi connectivity index (χ2n) is 7.11. The van der Waals surface area contributed by atoms with Crippen molar-refractivity contribution in [2.45, 2.75) is 25.8 Å². The van der Waals surface area contributed by atoms with E-state index in [0.29, 0.717) is 23.6 Å². The number of hydrogen-bond donors (Lipinski definition) is 1. The van der Waals surface area contributed by atoms with Crippen LogP contribution in [-0.2, 0) is 26.0 Å². The highest BCUT2D eigenvalue weighted by molar-refractivity contribution is 7.92. The maximum absolute atomic E-state index is 13.3. The zero-order valence-electron chi connectivity index (χ0n) is 17.9. The van der Waals surface area contributed by atoms with Crippen LogP contribution in [-0.4, -0.2) is 57.6 Å². The van der Waals surface area contributed by atoms with Crippen LogP contribution in [0, 0.1) is 0 Å². The molecule has 0 fully saturated rings. The predicted molar refractivity (Wildman–Crippen MR) is 124 cm³/mol. The minimum atomic E-state index is -3.74. The van der Waals surface area contributed by atoms with Crippen molar-refractivity contribution >= 4 is 39.1 Å². The molecular formula is C22H28ClN3O4S. The SMILES string of the molecule is CCC(C(=O)NC)N(CCc1ccccc1)C(=O)CN(c1ccc(Cl)cc1)S(C)(=O)=O. The average Bonchev–Trinajstić information content (AvgIpc) is 2.75. The normalized spacial score (nSPS) is 12.1. The van der Waals surface area contributed by atoms with Crippen LogP contribution in [0.4, 0.5) is 5.69 Å². The standard InChI is InChI=1S/C22H28ClN3O4S/c1-4-20(22(28)24-2)25(15-14-17-8-6-5-7-9-17)21(27)16-26(31(3,29)30)19-12-10-18(23)11-13-19/h5-13,20H,4,14-16H2,1-3H3,(H,24,28). The molecule has 1 atom stereocenters. The Morgan fingerprint density at radius 3 is 2.19 bits per heavy atom. The largest absolute Gasteiger partial charge is 0.357 e. The molecule has 2 rings (SSSR count). The molecular weight excluding hydrogens is 438 g/mol. The van der Waals surface area contributed by atoms with E-state index in [2.05, 4.69) is 5.32 Å². The Morgan fingerprint density at radius 2 is 1.68 bits per heavy atom. The summed E-state index contributed by atoms with van der Waals surface area (Å²) in [6, 6.07) is 15.1. The van der Waals surface area contributed by atoms with Gasteiger partial charge in [-0.05, 0) is 42.7 Å². The van der Waals surface area contributed by atoms with Crippen molar-refractivity contribution in [2.75, 3.05) is 30.7 Å². The van der Waals surface area contributed by atoms with Gasteiger partial charge >= 0.3 is 0 Å².